The molecule has 0 spiro atoms. The summed E-state index contributed by atoms with van der Waals surface area (Å²) in [5.41, 5.74) is -0.0712. The summed E-state index contributed by atoms with van der Waals surface area (Å²) in [5, 5.41) is 11.2. The van der Waals surface area contributed by atoms with Gasteiger partial charge in [-0.05, 0) is 40.2 Å². The Kier molecular flexibility index (Phi) is 8.81. The molecular formula is C22H33N2O8P. The van der Waals surface area contributed by atoms with Gasteiger partial charge in [0.1, 0.15) is 0 Å². The molecule has 1 aliphatic rings. The van der Waals surface area contributed by atoms with E-state index in [2.05, 4.69) is 0 Å². The molecular weight excluding hydrogens is 451 g/mol. The molecule has 184 valence electrons. The molecule has 0 saturated heterocycles. The van der Waals surface area contributed by atoms with Gasteiger partial charge in [0.2, 0.25) is 6.29 Å². The summed E-state index contributed by atoms with van der Waals surface area (Å²) in [5.74, 6) is -1.26. The van der Waals surface area contributed by atoms with E-state index in [0.29, 0.717) is 18.7 Å². The van der Waals surface area contributed by atoms with E-state index in [4.69, 9.17) is 18.5 Å². The highest BCUT2D eigenvalue weighted by Gasteiger charge is 2.46. The fourth-order valence-corrected chi connectivity index (χ4v) is 5.27. The first-order chi connectivity index (χ1) is 15.4. The number of ether oxygens (including phenoxy) is 2. The maximum atomic E-state index is 13.7. The van der Waals surface area contributed by atoms with E-state index < -0.39 is 36.2 Å². The fourth-order valence-electron chi connectivity index (χ4n) is 3.69. The second-order valence-electron chi connectivity index (χ2n) is 8.47. The zero-order valence-electron chi connectivity index (χ0n) is 20.2. The summed E-state index contributed by atoms with van der Waals surface area (Å²) in [6, 6.07) is 5.85. The van der Waals surface area contributed by atoms with Gasteiger partial charge in [-0.1, -0.05) is 12.1 Å². The van der Waals surface area contributed by atoms with Crippen molar-refractivity contribution in [1.82, 2.24) is 4.90 Å². The van der Waals surface area contributed by atoms with Crippen molar-refractivity contribution in [2.75, 3.05) is 27.3 Å². The van der Waals surface area contributed by atoms with E-state index in [1.54, 1.807) is 12.1 Å². The van der Waals surface area contributed by atoms with Gasteiger partial charge >= 0.3 is 7.60 Å². The summed E-state index contributed by atoms with van der Waals surface area (Å²) in [6.45, 7) is 10.0. The van der Waals surface area contributed by atoms with Crippen molar-refractivity contribution < 1.29 is 32.8 Å². The lowest BCUT2D eigenvalue weighted by atomic mass is 9.92. The summed E-state index contributed by atoms with van der Waals surface area (Å²) in [6.07, 6.45) is -0.624. The van der Waals surface area contributed by atoms with Crippen LogP contribution < -0.4 is 0 Å². The van der Waals surface area contributed by atoms with Gasteiger partial charge in [0.15, 0.2) is 5.76 Å². The normalized spacial score (nSPS) is 19.2. The molecule has 2 rings (SSSR count). The largest absolute Gasteiger partial charge is 0.458 e. The van der Waals surface area contributed by atoms with E-state index in [-0.39, 0.29) is 23.2 Å². The van der Waals surface area contributed by atoms with Crippen molar-refractivity contribution in [2.24, 2.45) is 0 Å². The zero-order chi connectivity index (χ0) is 25.0. The smallest absolute Gasteiger partial charge is 0.361 e. The number of hydrogen-bond acceptors (Lipinski definition) is 8. The number of amides is 1. The second-order valence-corrected chi connectivity index (χ2v) is 10.7. The van der Waals surface area contributed by atoms with Crippen molar-refractivity contribution in [3.8, 4) is 0 Å². The molecule has 0 radical (unpaired) electrons. The van der Waals surface area contributed by atoms with Crippen LogP contribution in [0.25, 0.3) is 0 Å². The topological polar surface area (TPSA) is 117 Å². The maximum absolute atomic E-state index is 13.7. The van der Waals surface area contributed by atoms with E-state index >= 15 is 0 Å². The van der Waals surface area contributed by atoms with E-state index in [0.717, 1.165) is 0 Å². The first-order valence-corrected chi connectivity index (χ1v) is 12.3. The molecule has 2 atom stereocenters. The number of non-ortho nitro benzene ring substituents is 1. The first kappa shape index (κ1) is 27.0. The predicted molar refractivity (Wildman–Crippen MR) is 123 cm³/mol. The van der Waals surface area contributed by atoms with Gasteiger partial charge in [-0.15, -0.1) is 0 Å². The van der Waals surface area contributed by atoms with Gasteiger partial charge in [-0.2, -0.15) is 0 Å². The van der Waals surface area contributed by atoms with E-state index in [1.807, 2.05) is 34.6 Å². The lowest BCUT2D eigenvalue weighted by molar-refractivity contribution is -0.384. The quantitative estimate of drug-likeness (QED) is 0.279. The van der Waals surface area contributed by atoms with Gasteiger partial charge < -0.3 is 23.4 Å². The van der Waals surface area contributed by atoms with Crippen LogP contribution in [0.1, 0.15) is 52.5 Å². The van der Waals surface area contributed by atoms with Gasteiger partial charge in [-0.3, -0.25) is 19.5 Å². The molecule has 0 fully saturated rings. The van der Waals surface area contributed by atoms with Crippen molar-refractivity contribution >= 4 is 19.2 Å². The van der Waals surface area contributed by atoms with Gasteiger partial charge in [-0.25, -0.2) is 0 Å². The van der Waals surface area contributed by atoms with Crippen LogP contribution in [0, 0.1) is 10.1 Å². The molecule has 1 aliphatic heterocycles. The molecule has 11 heteroatoms. The Labute approximate surface area is 194 Å². The zero-order valence-corrected chi connectivity index (χ0v) is 21.1. The molecule has 1 aromatic rings. The molecule has 33 heavy (non-hydrogen) atoms. The van der Waals surface area contributed by atoms with Gasteiger partial charge in [0.05, 0.1) is 15.8 Å². The average molecular weight is 484 g/mol. The minimum atomic E-state index is -3.94. The molecule has 10 nitrogen and oxygen atoms in total. The van der Waals surface area contributed by atoms with Crippen LogP contribution in [0.5, 0.6) is 0 Å². The number of hydrogen-bond donors (Lipinski definition) is 0. The Bertz CT molecular complexity index is 927. The average Bonchev–Trinajstić information content (AvgIpc) is 2.77. The SMILES string of the molecule is CCN(CC)C(=O)C1=C(P(=O)(OC)OC)[C@H](c2ccc([N+](=O)[O-])cc2)C[C@H](OC(C)(C)C)O1. The van der Waals surface area contributed by atoms with Gasteiger partial charge in [0.25, 0.3) is 11.6 Å². The maximum Gasteiger partial charge on any atom is 0.361 e. The van der Waals surface area contributed by atoms with Crippen molar-refractivity contribution in [1.29, 1.82) is 0 Å². The predicted octanol–water partition coefficient (Wildman–Crippen LogP) is 4.81. The third kappa shape index (κ3) is 6.20. The number of benzene rings is 1. The number of carbonyl (C=O) groups is 1. The van der Waals surface area contributed by atoms with Crippen LogP contribution >= 0.6 is 7.60 Å². The minimum absolute atomic E-state index is 0.0759. The molecule has 1 amide bonds. The highest BCUT2D eigenvalue weighted by Crippen LogP contribution is 2.63. The fraction of sp³-hybridized carbons (Fsp3) is 0.591. The third-order valence-electron chi connectivity index (χ3n) is 5.25. The van der Waals surface area contributed by atoms with E-state index in [9.17, 15) is 19.5 Å². The lowest BCUT2D eigenvalue weighted by Gasteiger charge is -2.38. The molecule has 0 N–H and O–H groups in total. The molecule has 1 aromatic carbocycles. The molecule has 0 saturated carbocycles. The molecule has 0 bridgehead atoms. The number of nitro groups is 1. The van der Waals surface area contributed by atoms with Crippen LogP contribution in [0.4, 0.5) is 5.69 Å². The summed E-state index contributed by atoms with van der Waals surface area (Å²) in [4.78, 5) is 25.6. The van der Waals surface area contributed by atoms with Gasteiger partial charge in [0, 0.05) is 51.8 Å². The Morgan fingerprint density at radius 3 is 2.15 bits per heavy atom. The number of allylic oxidation sites excluding steroid dienone is 1. The van der Waals surface area contributed by atoms with Crippen LogP contribution in [0.15, 0.2) is 35.3 Å². The molecule has 1 heterocycles. The number of likely N-dealkylation sites (N-methyl/N-ethyl adjacent to an activating group) is 1. The van der Waals surface area contributed by atoms with E-state index in [1.165, 1.54) is 31.3 Å². The third-order valence-corrected chi connectivity index (χ3v) is 7.32. The van der Waals surface area contributed by atoms with Crippen LogP contribution in [-0.2, 0) is 27.9 Å². The Morgan fingerprint density at radius 2 is 1.73 bits per heavy atom. The Balaban J connectivity index is 2.76. The molecule has 0 aliphatic carbocycles. The number of carbonyl (C=O) groups excluding carboxylic acids is 1. The lowest BCUT2D eigenvalue weighted by Crippen LogP contribution is -2.40. The Morgan fingerprint density at radius 1 is 1.18 bits per heavy atom. The summed E-state index contributed by atoms with van der Waals surface area (Å²) >= 11 is 0. The standard InChI is InChI=1S/C22H33N2O8P/c1-8-23(9-2)21(25)19-20(33(28,29-6)30-7)17(14-18(31-19)32-22(3,4)5)15-10-12-16(13-11-15)24(26)27/h10-13,17-18H,8-9,14H2,1-7H3/t17-,18-/m0/s1. The van der Waals surface area contributed by atoms with Crippen LogP contribution in [0.2, 0.25) is 0 Å². The number of nitro benzene ring substituents is 1. The van der Waals surface area contributed by atoms with Crippen molar-refractivity contribution in [3.05, 3.63) is 51.0 Å². The number of nitrogens with zero attached hydrogens (tertiary/aromatic N) is 2. The van der Waals surface area contributed by atoms with Crippen molar-refractivity contribution in [2.45, 2.75) is 58.8 Å². The highest BCUT2D eigenvalue weighted by molar-refractivity contribution is 7.58. The second kappa shape index (κ2) is 10.8. The van der Waals surface area contributed by atoms with Crippen LogP contribution in [0.3, 0.4) is 0 Å². The monoisotopic (exact) mass is 484 g/mol. The minimum Gasteiger partial charge on any atom is -0.458 e. The van der Waals surface area contributed by atoms with Crippen LogP contribution in [-0.4, -0.2) is 54.9 Å². The summed E-state index contributed by atoms with van der Waals surface area (Å²) < 4.78 is 36.3. The highest BCUT2D eigenvalue weighted by atomic mass is 31.2. The molecule has 0 unspecified atom stereocenters. The summed E-state index contributed by atoms with van der Waals surface area (Å²) in [7, 11) is -1.46. The number of rotatable bonds is 9. The molecule has 0 aromatic heterocycles. The van der Waals surface area contributed by atoms with Crippen molar-refractivity contribution in [3.63, 3.8) is 0 Å². The first-order valence-electron chi connectivity index (χ1n) is 10.7. The Hall–Kier alpha value is -2.26.